The molecule has 4 unspecified atom stereocenters. The second kappa shape index (κ2) is 12.9. The molecule has 4 aromatic carbocycles. The van der Waals surface area contributed by atoms with Gasteiger partial charge in [0, 0.05) is 22.7 Å². The van der Waals surface area contributed by atoms with E-state index in [1.54, 1.807) is 24.3 Å². The van der Waals surface area contributed by atoms with Crippen molar-refractivity contribution in [2.75, 3.05) is 5.32 Å². The molecule has 8 nitrogen and oxygen atoms in total. The Morgan fingerprint density at radius 2 is 1.61 bits per heavy atom. The fourth-order valence-corrected chi connectivity index (χ4v) is 5.68. The van der Waals surface area contributed by atoms with Crippen molar-refractivity contribution in [1.82, 2.24) is 9.55 Å². The summed E-state index contributed by atoms with van der Waals surface area (Å²) in [6.45, 7) is 4.23. The maximum Gasteiger partial charge on any atom is 0.228 e. The van der Waals surface area contributed by atoms with Gasteiger partial charge in [0.15, 0.2) is 12.1 Å². The van der Waals surface area contributed by atoms with Crippen LogP contribution in [0, 0.1) is 5.92 Å². The maximum absolute atomic E-state index is 12.8. The van der Waals surface area contributed by atoms with E-state index in [-0.39, 0.29) is 42.8 Å². The van der Waals surface area contributed by atoms with Crippen LogP contribution in [0.1, 0.15) is 58.9 Å². The third kappa shape index (κ3) is 6.48. The molecule has 5 aromatic rings. The number of benzene rings is 4. The van der Waals surface area contributed by atoms with Gasteiger partial charge in [0.2, 0.25) is 5.91 Å². The molecule has 6 rings (SSSR count). The molecule has 4 atom stereocenters. The van der Waals surface area contributed by atoms with Crippen LogP contribution < -0.4 is 5.32 Å². The Morgan fingerprint density at radius 3 is 2.36 bits per heavy atom. The molecule has 1 aliphatic heterocycles. The summed E-state index contributed by atoms with van der Waals surface area (Å²) in [7, 11) is 0. The molecule has 1 aliphatic rings. The Balaban J connectivity index is 1.20. The SMILES string of the molecule is CC(=O)c1cccc(NC(=O)Cc2ccc(C3OC(Cn4cnc5ccccc54)C(C)C(c4ccc(CO)cc4)O3)cc2)c1. The van der Waals surface area contributed by atoms with Gasteiger partial charge in [-0.2, -0.15) is 0 Å². The van der Waals surface area contributed by atoms with Gasteiger partial charge in [-0.25, -0.2) is 4.98 Å². The molecule has 0 radical (unpaired) electrons. The van der Waals surface area contributed by atoms with Gasteiger partial charge in [-0.1, -0.05) is 79.7 Å². The smallest absolute Gasteiger partial charge is 0.228 e. The standard InChI is InChI=1S/C36H35N3O5/c1-23-33(20-39-22-37-31-8-3-4-9-32(31)39)43-36(44-35(23)27-14-12-26(21-40)13-15-27)28-16-10-25(11-17-28)18-34(42)38-30-7-5-6-29(19-30)24(2)41/h3-17,19,22-23,33,35-36,40H,18,20-21H2,1-2H3,(H,38,42). The third-order valence-electron chi connectivity index (χ3n) is 8.20. The summed E-state index contributed by atoms with van der Waals surface area (Å²) in [5.74, 6) is -0.198. The number of rotatable bonds is 9. The van der Waals surface area contributed by atoms with E-state index in [9.17, 15) is 14.7 Å². The van der Waals surface area contributed by atoms with Gasteiger partial charge in [-0.05, 0) is 47.9 Å². The van der Waals surface area contributed by atoms with Crippen LogP contribution in [-0.4, -0.2) is 32.5 Å². The van der Waals surface area contributed by atoms with Crippen molar-refractivity contribution in [2.24, 2.45) is 5.92 Å². The molecule has 1 aromatic heterocycles. The molecule has 224 valence electrons. The topological polar surface area (TPSA) is 103 Å². The number of carbonyl (C=O) groups is 2. The molecule has 0 aliphatic carbocycles. The summed E-state index contributed by atoms with van der Waals surface area (Å²) < 4.78 is 15.3. The number of aliphatic hydroxyl groups is 1. The molecule has 8 heteroatoms. The zero-order valence-electron chi connectivity index (χ0n) is 24.7. The Labute approximate surface area is 256 Å². The molecule has 0 spiro atoms. The second-order valence-electron chi connectivity index (χ2n) is 11.3. The molecule has 0 bridgehead atoms. The van der Waals surface area contributed by atoms with Crippen molar-refractivity contribution < 1.29 is 24.2 Å². The number of ketones is 1. The fraction of sp³-hybridized carbons (Fsp3) is 0.250. The number of nitrogens with one attached hydrogen (secondary N) is 1. The van der Waals surface area contributed by atoms with Crippen LogP contribution >= 0.6 is 0 Å². The number of carbonyl (C=O) groups excluding carboxylic acids is 2. The molecule has 44 heavy (non-hydrogen) atoms. The molecular formula is C36H35N3O5. The predicted octanol–water partition coefficient (Wildman–Crippen LogP) is 6.40. The van der Waals surface area contributed by atoms with E-state index in [4.69, 9.17) is 9.47 Å². The van der Waals surface area contributed by atoms with E-state index in [1.807, 2.05) is 73.1 Å². The molecular weight excluding hydrogens is 554 g/mol. The van der Waals surface area contributed by atoms with E-state index < -0.39 is 6.29 Å². The van der Waals surface area contributed by atoms with Crippen LogP contribution in [0.15, 0.2) is 103 Å². The summed E-state index contributed by atoms with van der Waals surface area (Å²) in [5, 5.41) is 12.4. The van der Waals surface area contributed by atoms with Crippen molar-refractivity contribution in [3.05, 3.63) is 131 Å². The lowest BCUT2D eigenvalue weighted by Gasteiger charge is -2.41. The lowest BCUT2D eigenvalue weighted by atomic mass is 9.90. The van der Waals surface area contributed by atoms with Gasteiger partial charge in [-0.15, -0.1) is 0 Å². The predicted molar refractivity (Wildman–Crippen MR) is 168 cm³/mol. The molecule has 0 saturated carbocycles. The monoisotopic (exact) mass is 589 g/mol. The minimum absolute atomic E-state index is 0.0153. The van der Waals surface area contributed by atoms with Gasteiger partial charge in [0.05, 0.1) is 49.1 Å². The number of para-hydroxylation sites is 2. The van der Waals surface area contributed by atoms with Crippen molar-refractivity contribution in [3.8, 4) is 0 Å². The highest BCUT2D eigenvalue weighted by Crippen LogP contribution is 2.42. The summed E-state index contributed by atoms with van der Waals surface area (Å²) in [6.07, 6.45) is 1.00. The van der Waals surface area contributed by atoms with Crippen molar-refractivity contribution in [2.45, 2.75) is 51.9 Å². The zero-order chi connectivity index (χ0) is 30.6. The molecule has 1 amide bonds. The third-order valence-corrected chi connectivity index (χ3v) is 8.20. The van der Waals surface area contributed by atoms with Crippen LogP contribution in [0.3, 0.4) is 0 Å². The summed E-state index contributed by atoms with van der Waals surface area (Å²) in [4.78, 5) is 29.0. The highest BCUT2D eigenvalue weighted by atomic mass is 16.7. The van der Waals surface area contributed by atoms with E-state index in [2.05, 4.69) is 27.9 Å². The van der Waals surface area contributed by atoms with E-state index in [0.29, 0.717) is 17.8 Å². The van der Waals surface area contributed by atoms with Crippen molar-refractivity contribution >= 4 is 28.4 Å². The molecule has 1 fully saturated rings. The normalized spacial score (nSPS) is 20.0. The van der Waals surface area contributed by atoms with Gasteiger partial charge in [0.25, 0.3) is 0 Å². The molecule has 2 heterocycles. The number of ether oxygens (including phenoxy) is 2. The van der Waals surface area contributed by atoms with Crippen LogP contribution in [0.2, 0.25) is 0 Å². The van der Waals surface area contributed by atoms with Gasteiger partial charge in [0.1, 0.15) is 0 Å². The fourth-order valence-electron chi connectivity index (χ4n) is 5.68. The van der Waals surface area contributed by atoms with Crippen molar-refractivity contribution in [1.29, 1.82) is 0 Å². The first-order valence-electron chi connectivity index (χ1n) is 14.8. The zero-order valence-corrected chi connectivity index (χ0v) is 24.7. The first kappa shape index (κ1) is 29.4. The largest absolute Gasteiger partial charge is 0.392 e. The number of Topliss-reactive ketones (excluding diaryl/α,β-unsaturated/α-hetero) is 1. The van der Waals surface area contributed by atoms with Gasteiger partial charge < -0.3 is 24.5 Å². The number of aliphatic hydroxyl groups excluding tert-OH is 1. The average Bonchev–Trinajstić information content (AvgIpc) is 3.45. The Bertz CT molecular complexity index is 1760. The molecule has 2 N–H and O–H groups in total. The van der Waals surface area contributed by atoms with Crippen LogP contribution in [0.4, 0.5) is 5.69 Å². The number of imidazole rings is 1. The highest BCUT2D eigenvalue weighted by molar-refractivity contribution is 5.97. The Kier molecular flexibility index (Phi) is 8.65. The van der Waals surface area contributed by atoms with E-state index >= 15 is 0 Å². The number of fused-ring (bicyclic) bond motifs is 1. The minimum atomic E-state index is -0.620. The molecule has 1 saturated heterocycles. The number of anilines is 1. The van der Waals surface area contributed by atoms with E-state index in [1.165, 1.54) is 6.92 Å². The quantitative estimate of drug-likeness (QED) is 0.193. The number of hydrogen-bond acceptors (Lipinski definition) is 6. The number of amides is 1. The number of aromatic nitrogens is 2. The summed E-state index contributed by atoms with van der Waals surface area (Å²) >= 11 is 0. The Hall–Kier alpha value is -4.63. The maximum atomic E-state index is 12.8. The first-order chi connectivity index (χ1) is 21.4. The van der Waals surface area contributed by atoms with Crippen LogP contribution in [0.5, 0.6) is 0 Å². The van der Waals surface area contributed by atoms with Gasteiger partial charge >= 0.3 is 0 Å². The van der Waals surface area contributed by atoms with E-state index in [0.717, 1.165) is 33.3 Å². The number of nitrogens with zero attached hydrogens (tertiary/aromatic N) is 2. The average molecular weight is 590 g/mol. The Morgan fingerprint density at radius 1 is 0.886 bits per heavy atom. The second-order valence-corrected chi connectivity index (χ2v) is 11.3. The lowest BCUT2D eigenvalue weighted by Crippen LogP contribution is -2.39. The first-order valence-corrected chi connectivity index (χ1v) is 14.8. The lowest BCUT2D eigenvalue weighted by molar-refractivity contribution is -0.276. The van der Waals surface area contributed by atoms with Crippen molar-refractivity contribution in [3.63, 3.8) is 0 Å². The van der Waals surface area contributed by atoms with Crippen LogP contribution in [0.25, 0.3) is 11.0 Å². The van der Waals surface area contributed by atoms with Gasteiger partial charge in [-0.3, -0.25) is 9.59 Å². The van der Waals surface area contributed by atoms with Crippen LogP contribution in [-0.2, 0) is 33.8 Å². The summed E-state index contributed by atoms with van der Waals surface area (Å²) in [5.41, 5.74) is 6.69. The minimum Gasteiger partial charge on any atom is -0.392 e. The number of hydrogen-bond donors (Lipinski definition) is 2. The summed E-state index contributed by atoms with van der Waals surface area (Å²) in [6, 6.07) is 30.5. The highest BCUT2D eigenvalue weighted by Gasteiger charge is 2.38.